The molecule has 0 aromatic carbocycles. The zero-order valence-corrected chi connectivity index (χ0v) is 10.2. The Morgan fingerprint density at radius 1 is 1.40 bits per heavy atom. The van der Waals surface area contributed by atoms with Gasteiger partial charge in [-0.1, -0.05) is 12.8 Å². The average Bonchev–Trinajstić information content (AvgIpc) is 2.62. The highest BCUT2D eigenvalue weighted by Gasteiger charge is 2.40. The lowest BCUT2D eigenvalue weighted by Gasteiger charge is -2.32. The van der Waals surface area contributed by atoms with Crippen LogP contribution in [0.15, 0.2) is 0 Å². The predicted octanol–water partition coefficient (Wildman–Crippen LogP) is 0.741. The topological polar surface area (TPSA) is 63.6 Å². The molecular formula is C10H20O4S. The molecule has 1 unspecified atom stereocenters. The maximum Gasteiger partial charge on any atom is 0.147 e. The van der Waals surface area contributed by atoms with Crippen molar-refractivity contribution in [1.82, 2.24) is 0 Å². The first-order valence-electron chi connectivity index (χ1n) is 5.30. The van der Waals surface area contributed by atoms with Gasteiger partial charge < -0.3 is 9.84 Å². The molecule has 0 heterocycles. The van der Waals surface area contributed by atoms with Gasteiger partial charge in [-0.25, -0.2) is 8.42 Å². The van der Waals surface area contributed by atoms with Gasteiger partial charge in [-0.3, -0.25) is 0 Å². The molecule has 1 N–H and O–H groups in total. The Bertz CT molecular complexity index is 291. The van der Waals surface area contributed by atoms with Crippen LogP contribution in [-0.4, -0.2) is 44.3 Å². The van der Waals surface area contributed by atoms with Crippen LogP contribution in [0.4, 0.5) is 0 Å². The van der Waals surface area contributed by atoms with Crippen molar-refractivity contribution in [3.63, 3.8) is 0 Å². The van der Waals surface area contributed by atoms with E-state index in [1.807, 2.05) is 0 Å². The van der Waals surface area contributed by atoms with E-state index in [0.717, 1.165) is 25.7 Å². The van der Waals surface area contributed by atoms with E-state index in [2.05, 4.69) is 0 Å². The second-order valence-electron chi connectivity index (χ2n) is 4.41. The molecule has 1 aliphatic rings. The SMILES string of the molecule is COC1(C(O)CCS(C)(=O)=O)CCCC1. The summed E-state index contributed by atoms with van der Waals surface area (Å²) >= 11 is 0. The van der Waals surface area contributed by atoms with Gasteiger partial charge in [0.1, 0.15) is 9.84 Å². The van der Waals surface area contributed by atoms with E-state index in [1.54, 1.807) is 7.11 Å². The lowest BCUT2D eigenvalue weighted by Crippen LogP contribution is -2.42. The first kappa shape index (κ1) is 12.9. The van der Waals surface area contributed by atoms with Gasteiger partial charge in [-0.2, -0.15) is 0 Å². The second-order valence-corrected chi connectivity index (χ2v) is 6.67. The van der Waals surface area contributed by atoms with E-state index in [1.165, 1.54) is 6.26 Å². The summed E-state index contributed by atoms with van der Waals surface area (Å²) in [5.74, 6) is 0.0271. The summed E-state index contributed by atoms with van der Waals surface area (Å²) in [6.45, 7) is 0. The van der Waals surface area contributed by atoms with Gasteiger partial charge in [-0.15, -0.1) is 0 Å². The van der Waals surface area contributed by atoms with E-state index in [9.17, 15) is 13.5 Å². The maximum atomic E-state index is 11.0. The minimum atomic E-state index is -3.00. The van der Waals surface area contributed by atoms with Crippen LogP contribution in [0.25, 0.3) is 0 Å². The van der Waals surface area contributed by atoms with E-state index in [4.69, 9.17) is 4.74 Å². The molecule has 0 saturated heterocycles. The fourth-order valence-electron chi connectivity index (χ4n) is 2.24. The van der Waals surface area contributed by atoms with Gasteiger partial charge in [0.2, 0.25) is 0 Å². The van der Waals surface area contributed by atoms with Gasteiger partial charge in [0, 0.05) is 13.4 Å². The molecule has 0 aromatic heterocycles. The molecule has 0 aliphatic heterocycles. The van der Waals surface area contributed by atoms with Crippen molar-refractivity contribution in [2.24, 2.45) is 0 Å². The summed E-state index contributed by atoms with van der Waals surface area (Å²) in [6, 6.07) is 0. The van der Waals surface area contributed by atoms with E-state index in [-0.39, 0.29) is 12.2 Å². The smallest absolute Gasteiger partial charge is 0.147 e. The van der Waals surface area contributed by atoms with Crippen LogP contribution in [0.2, 0.25) is 0 Å². The lowest BCUT2D eigenvalue weighted by molar-refractivity contribution is -0.0982. The number of aliphatic hydroxyl groups is 1. The Morgan fingerprint density at radius 2 is 1.93 bits per heavy atom. The summed E-state index contributed by atoms with van der Waals surface area (Å²) in [6.07, 6.45) is 4.54. The third kappa shape index (κ3) is 3.43. The van der Waals surface area contributed by atoms with Crippen molar-refractivity contribution >= 4 is 9.84 Å². The molecule has 0 amide bonds. The molecule has 90 valence electrons. The summed E-state index contributed by atoms with van der Waals surface area (Å²) in [5, 5.41) is 9.97. The molecule has 15 heavy (non-hydrogen) atoms. The molecule has 0 radical (unpaired) electrons. The third-order valence-corrected chi connectivity index (χ3v) is 4.20. The number of aliphatic hydroxyl groups excluding tert-OH is 1. The molecule has 5 heteroatoms. The number of rotatable bonds is 5. The number of hydrogen-bond donors (Lipinski definition) is 1. The van der Waals surface area contributed by atoms with E-state index < -0.39 is 21.5 Å². The summed E-state index contributed by atoms with van der Waals surface area (Å²) in [7, 11) is -1.41. The van der Waals surface area contributed by atoms with Crippen LogP contribution in [0.5, 0.6) is 0 Å². The summed E-state index contributed by atoms with van der Waals surface area (Å²) < 4.78 is 27.4. The summed E-state index contributed by atoms with van der Waals surface area (Å²) in [4.78, 5) is 0. The monoisotopic (exact) mass is 236 g/mol. The predicted molar refractivity (Wildman–Crippen MR) is 58.5 cm³/mol. The van der Waals surface area contributed by atoms with Crippen LogP contribution < -0.4 is 0 Å². The lowest BCUT2D eigenvalue weighted by atomic mass is 9.93. The number of methoxy groups -OCH3 is 1. The Hall–Kier alpha value is -0.130. The maximum absolute atomic E-state index is 11.0. The zero-order chi connectivity index (χ0) is 11.5. The highest BCUT2D eigenvalue weighted by Crippen LogP contribution is 2.36. The van der Waals surface area contributed by atoms with E-state index >= 15 is 0 Å². The molecular weight excluding hydrogens is 216 g/mol. The van der Waals surface area contributed by atoms with Crippen molar-refractivity contribution < 1.29 is 18.3 Å². The third-order valence-electron chi connectivity index (χ3n) is 3.23. The standard InChI is InChI=1S/C10H20O4S/c1-14-10(6-3-4-7-10)9(11)5-8-15(2,12)13/h9,11H,3-8H2,1-2H3. The van der Waals surface area contributed by atoms with Crippen LogP contribution >= 0.6 is 0 Å². The first-order chi connectivity index (χ1) is 6.90. The Morgan fingerprint density at radius 3 is 2.33 bits per heavy atom. The second kappa shape index (κ2) is 4.80. The van der Waals surface area contributed by atoms with Crippen LogP contribution in [0.1, 0.15) is 32.1 Å². The molecule has 1 rings (SSSR count). The highest BCUT2D eigenvalue weighted by molar-refractivity contribution is 7.90. The van der Waals surface area contributed by atoms with Gasteiger partial charge in [0.15, 0.2) is 0 Å². The number of hydrogen-bond acceptors (Lipinski definition) is 4. The van der Waals surface area contributed by atoms with Crippen molar-refractivity contribution in [3.05, 3.63) is 0 Å². The molecule has 1 aliphatic carbocycles. The normalized spacial score (nSPS) is 22.9. The largest absolute Gasteiger partial charge is 0.390 e. The first-order valence-corrected chi connectivity index (χ1v) is 7.37. The molecule has 1 saturated carbocycles. The Kier molecular flexibility index (Phi) is 4.14. The highest BCUT2D eigenvalue weighted by atomic mass is 32.2. The van der Waals surface area contributed by atoms with Crippen LogP contribution in [0, 0.1) is 0 Å². The Balaban J connectivity index is 2.54. The van der Waals surface area contributed by atoms with Gasteiger partial charge in [0.25, 0.3) is 0 Å². The quantitative estimate of drug-likeness (QED) is 0.764. The fraction of sp³-hybridized carbons (Fsp3) is 1.00. The minimum absolute atomic E-state index is 0.0271. The van der Waals surface area contributed by atoms with E-state index in [0.29, 0.717) is 0 Å². The fourth-order valence-corrected chi connectivity index (χ4v) is 2.89. The Labute approximate surface area is 91.6 Å². The molecule has 4 nitrogen and oxygen atoms in total. The molecule has 0 aromatic rings. The van der Waals surface area contributed by atoms with Crippen molar-refractivity contribution in [2.75, 3.05) is 19.1 Å². The number of sulfone groups is 1. The van der Waals surface area contributed by atoms with Crippen LogP contribution in [-0.2, 0) is 14.6 Å². The zero-order valence-electron chi connectivity index (χ0n) is 9.40. The van der Waals surface area contributed by atoms with Gasteiger partial charge in [0.05, 0.1) is 17.5 Å². The van der Waals surface area contributed by atoms with Crippen molar-refractivity contribution in [2.45, 2.75) is 43.8 Å². The molecule has 0 bridgehead atoms. The molecule has 1 atom stereocenters. The van der Waals surface area contributed by atoms with Gasteiger partial charge >= 0.3 is 0 Å². The van der Waals surface area contributed by atoms with Crippen molar-refractivity contribution in [3.8, 4) is 0 Å². The molecule has 1 fully saturated rings. The molecule has 0 spiro atoms. The van der Waals surface area contributed by atoms with Gasteiger partial charge in [-0.05, 0) is 19.3 Å². The minimum Gasteiger partial charge on any atom is -0.390 e. The van der Waals surface area contributed by atoms with Crippen molar-refractivity contribution in [1.29, 1.82) is 0 Å². The number of ether oxygens (including phenoxy) is 1. The van der Waals surface area contributed by atoms with Crippen LogP contribution in [0.3, 0.4) is 0 Å². The average molecular weight is 236 g/mol. The summed E-state index contributed by atoms with van der Waals surface area (Å²) in [5.41, 5.74) is -0.495.